The molecule has 2 rings (SSSR count). The Labute approximate surface area is 143 Å². The number of sulfonamides is 1. The molecule has 2 aromatic rings. The van der Waals surface area contributed by atoms with Crippen LogP contribution in [0.4, 0.5) is 5.69 Å². The lowest BCUT2D eigenvalue weighted by molar-refractivity contribution is -0.116. The Morgan fingerprint density at radius 2 is 1.62 bits per heavy atom. The molecular formula is C18H22N2O3S. The van der Waals surface area contributed by atoms with Gasteiger partial charge in [0.1, 0.15) is 0 Å². The van der Waals surface area contributed by atoms with E-state index in [1.807, 2.05) is 24.3 Å². The van der Waals surface area contributed by atoms with Gasteiger partial charge in [-0.1, -0.05) is 44.2 Å². The minimum Gasteiger partial charge on any atom is -0.325 e. The normalized spacial score (nSPS) is 11.7. The highest BCUT2D eigenvalue weighted by atomic mass is 32.2. The average molecular weight is 346 g/mol. The fraction of sp³-hybridized carbons (Fsp3) is 0.278. The lowest BCUT2D eigenvalue weighted by Gasteiger charge is -2.17. The highest BCUT2D eigenvalue weighted by Crippen LogP contribution is 2.17. The number of nitrogens with one attached hydrogen (secondary N) is 1. The van der Waals surface area contributed by atoms with Crippen molar-refractivity contribution in [3.63, 3.8) is 0 Å². The molecule has 0 radical (unpaired) electrons. The van der Waals surface area contributed by atoms with Crippen LogP contribution >= 0.6 is 0 Å². The summed E-state index contributed by atoms with van der Waals surface area (Å²) < 4.78 is 25.8. The van der Waals surface area contributed by atoms with Crippen molar-refractivity contribution in [3.8, 4) is 0 Å². The summed E-state index contributed by atoms with van der Waals surface area (Å²) in [6.07, 6.45) is 0. The number of likely N-dealkylation sites (N-methyl/N-ethyl adjacent to an activating group) is 1. The summed E-state index contributed by atoms with van der Waals surface area (Å²) in [6, 6.07) is 15.6. The summed E-state index contributed by atoms with van der Waals surface area (Å²) in [4.78, 5) is 12.3. The van der Waals surface area contributed by atoms with Crippen molar-refractivity contribution in [3.05, 3.63) is 60.2 Å². The summed E-state index contributed by atoms with van der Waals surface area (Å²) in [7, 11) is -2.28. The molecule has 0 spiro atoms. The first-order valence-electron chi connectivity index (χ1n) is 7.72. The highest BCUT2D eigenvalue weighted by Gasteiger charge is 2.22. The minimum absolute atomic E-state index is 0.168. The molecule has 6 heteroatoms. The molecule has 24 heavy (non-hydrogen) atoms. The first-order chi connectivity index (χ1) is 11.3. The van der Waals surface area contributed by atoms with Gasteiger partial charge in [0.05, 0.1) is 11.4 Å². The number of carbonyl (C=O) groups is 1. The number of carbonyl (C=O) groups excluding carboxylic acids is 1. The zero-order valence-electron chi connectivity index (χ0n) is 14.1. The third-order valence-electron chi connectivity index (χ3n) is 3.68. The van der Waals surface area contributed by atoms with Gasteiger partial charge in [-0.15, -0.1) is 0 Å². The van der Waals surface area contributed by atoms with E-state index in [-0.39, 0.29) is 17.3 Å². The summed E-state index contributed by atoms with van der Waals surface area (Å²) in [5.41, 5.74) is 1.83. The molecule has 0 saturated carbocycles. The van der Waals surface area contributed by atoms with Crippen molar-refractivity contribution in [1.82, 2.24) is 4.31 Å². The summed E-state index contributed by atoms with van der Waals surface area (Å²) in [6.45, 7) is 3.94. The molecule has 0 atom stereocenters. The van der Waals surface area contributed by atoms with Crippen molar-refractivity contribution in [2.75, 3.05) is 18.9 Å². The number of rotatable bonds is 6. The molecule has 0 aromatic heterocycles. The minimum atomic E-state index is -3.67. The number of hydrogen-bond acceptors (Lipinski definition) is 3. The van der Waals surface area contributed by atoms with E-state index in [4.69, 9.17) is 0 Å². The second kappa shape index (κ2) is 7.59. The van der Waals surface area contributed by atoms with E-state index in [9.17, 15) is 13.2 Å². The largest absolute Gasteiger partial charge is 0.325 e. The van der Waals surface area contributed by atoms with Crippen molar-refractivity contribution >= 4 is 21.6 Å². The Balaban J connectivity index is 2.01. The van der Waals surface area contributed by atoms with E-state index in [1.54, 1.807) is 18.2 Å². The third kappa shape index (κ3) is 4.43. The topological polar surface area (TPSA) is 66.5 Å². The van der Waals surface area contributed by atoms with E-state index >= 15 is 0 Å². The second-order valence-electron chi connectivity index (χ2n) is 5.90. The van der Waals surface area contributed by atoms with Crippen LogP contribution in [0.2, 0.25) is 0 Å². The Morgan fingerprint density at radius 3 is 2.17 bits per heavy atom. The zero-order chi connectivity index (χ0) is 17.7. The molecule has 0 aliphatic carbocycles. The molecule has 1 amide bonds. The molecule has 0 fully saturated rings. The van der Waals surface area contributed by atoms with Gasteiger partial charge in [-0.05, 0) is 35.7 Å². The first-order valence-corrected chi connectivity index (χ1v) is 9.16. The third-order valence-corrected chi connectivity index (χ3v) is 5.50. The van der Waals surface area contributed by atoms with Gasteiger partial charge in [-0.3, -0.25) is 4.79 Å². The monoisotopic (exact) mass is 346 g/mol. The number of nitrogens with zero attached hydrogens (tertiary/aromatic N) is 1. The number of amides is 1. The van der Waals surface area contributed by atoms with Crippen LogP contribution in [0.25, 0.3) is 0 Å². The van der Waals surface area contributed by atoms with Crippen molar-refractivity contribution in [2.45, 2.75) is 24.7 Å². The van der Waals surface area contributed by atoms with E-state index in [0.717, 1.165) is 4.31 Å². The lowest BCUT2D eigenvalue weighted by atomic mass is 10.0. The van der Waals surface area contributed by atoms with Gasteiger partial charge < -0.3 is 5.32 Å². The Kier molecular flexibility index (Phi) is 5.75. The Hall–Kier alpha value is -2.18. The smallest absolute Gasteiger partial charge is 0.243 e. The molecule has 0 heterocycles. The molecule has 0 unspecified atom stereocenters. The van der Waals surface area contributed by atoms with Gasteiger partial charge in [-0.2, -0.15) is 4.31 Å². The maximum absolute atomic E-state index is 12.4. The molecular weight excluding hydrogens is 324 g/mol. The molecule has 0 aliphatic heterocycles. The van der Waals surface area contributed by atoms with Crippen LogP contribution in [-0.4, -0.2) is 32.2 Å². The summed E-state index contributed by atoms with van der Waals surface area (Å²) in [5, 5.41) is 2.72. The first kappa shape index (κ1) is 18.2. The van der Waals surface area contributed by atoms with Crippen LogP contribution in [0.5, 0.6) is 0 Å². The molecule has 0 aliphatic rings. The van der Waals surface area contributed by atoms with Gasteiger partial charge in [0, 0.05) is 12.7 Å². The number of hydrogen-bond donors (Lipinski definition) is 1. The highest BCUT2D eigenvalue weighted by molar-refractivity contribution is 7.89. The van der Waals surface area contributed by atoms with Crippen LogP contribution < -0.4 is 5.32 Å². The van der Waals surface area contributed by atoms with Gasteiger partial charge in [0.15, 0.2) is 0 Å². The number of benzene rings is 2. The van der Waals surface area contributed by atoms with E-state index < -0.39 is 10.0 Å². The molecule has 128 valence electrons. The predicted molar refractivity (Wildman–Crippen MR) is 95.4 cm³/mol. The van der Waals surface area contributed by atoms with Crippen LogP contribution in [0, 0.1) is 0 Å². The van der Waals surface area contributed by atoms with Gasteiger partial charge in [0.25, 0.3) is 0 Å². The Morgan fingerprint density at radius 1 is 1.04 bits per heavy atom. The summed E-state index contributed by atoms with van der Waals surface area (Å²) in [5.74, 6) is 0.0335. The zero-order valence-corrected chi connectivity index (χ0v) is 14.9. The van der Waals surface area contributed by atoms with Gasteiger partial charge in [0.2, 0.25) is 15.9 Å². The Bertz CT molecular complexity index is 785. The van der Waals surface area contributed by atoms with Crippen LogP contribution in [-0.2, 0) is 14.8 Å². The standard InChI is InChI=1S/C18H22N2O3S/c1-14(2)15-9-11-16(12-10-15)19-18(21)13-20(3)24(22,23)17-7-5-4-6-8-17/h4-12,14H,13H2,1-3H3,(H,19,21). The lowest BCUT2D eigenvalue weighted by Crippen LogP contribution is -2.34. The van der Waals surface area contributed by atoms with Crippen LogP contribution in [0.3, 0.4) is 0 Å². The number of anilines is 1. The van der Waals surface area contributed by atoms with E-state index in [1.165, 1.54) is 24.7 Å². The van der Waals surface area contributed by atoms with Crippen molar-refractivity contribution in [2.24, 2.45) is 0 Å². The van der Waals surface area contributed by atoms with Gasteiger partial charge in [-0.25, -0.2) is 8.42 Å². The molecule has 0 bridgehead atoms. The molecule has 0 saturated heterocycles. The van der Waals surface area contributed by atoms with Gasteiger partial charge >= 0.3 is 0 Å². The SMILES string of the molecule is CC(C)c1ccc(NC(=O)CN(C)S(=O)(=O)c2ccccc2)cc1. The van der Waals surface area contributed by atoms with E-state index in [2.05, 4.69) is 19.2 Å². The van der Waals surface area contributed by atoms with E-state index in [0.29, 0.717) is 11.6 Å². The average Bonchev–Trinajstić information content (AvgIpc) is 2.56. The van der Waals surface area contributed by atoms with Crippen LogP contribution in [0.15, 0.2) is 59.5 Å². The van der Waals surface area contributed by atoms with Crippen molar-refractivity contribution in [1.29, 1.82) is 0 Å². The second-order valence-corrected chi connectivity index (χ2v) is 7.94. The molecule has 2 aromatic carbocycles. The molecule has 5 nitrogen and oxygen atoms in total. The fourth-order valence-corrected chi connectivity index (χ4v) is 3.36. The summed E-state index contributed by atoms with van der Waals surface area (Å²) >= 11 is 0. The maximum Gasteiger partial charge on any atom is 0.243 e. The predicted octanol–water partition coefficient (Wildman–Crippen LogP) is 3.07. The molecule has 1 N–H and O–H groups in total. The fourth-order valence-electron chi connectivity index (χ4n) is 2.21. The van der Waals surface area contributed by atoms with Crippen LogP contribution in [0.1, 0.15) is 25.3 Å². The quantitative estimate of drug-likeness (QED) is 0.874. The van der Waals surface area contributed by atoms with Crippen molar-refractivity contribution < 1.29 is 13.2 Å². The maximum atomic E-state index is 12.4.